The fourth-order valence-electron chi connectivity index (χ4n) is 3.78. The monoisotopic (exact) mass is 368 g/mol. The molecule has 1 saturated heterocycles. The number of nitrogens with zero attached hydrogens (tertiary/aromatic N) is 2. The van der Waals surface area contributed by atoms with Crippen molar-refractivity contribution >= 4 is 5.91 Å². The topological polar surface area (TPSA) is 42.0 Å². The third-order valence-corrected chi connectivity index (χ3v) is 5.23. The summed E-state index contributed by atoms with van der Waals surface area (Å²) in [6.45, 7) is 6.71. The Labute approximate surface area is 161 Å². The van der Waals surface area contributed by atoms with Crippen molar-refractivity contribution in [2.75, 3.05) is 27.3 Å². The second-order valence-electron chi connectivity index (χ2n) is 7.14. The van der Waals surface area contributed by atoms with Gasteiger partial charge >= 0.3 is 0 Å². The SMILES string of the molecule is COc1ccc(C(=O)N2CC(C)N(Cc3ccccc3)C(C)C2)cc1OC. The van der Waals surface area contributed by atoms with E-state index in [2.05, 4.69) is 43.0 Å². The first-order valence-corrected chi connectivity index (χ1v) is 9.34. The van der Waals surface area contributed by atoms with Crippen LogP contribution >= 0.6 is 0 Å². The largest absolute Gasteiger partial charge is 0.493 e. The van der Waals surface area contributed by atoms with Gasteiger partial charge < -0.3 is 14.4 Å². The van der Waals surface area contributed by atoms with Crippen molar-refractivity contribution in [3.63, 3.8) is 0 Å². The van der Waals surface area contributed by atoms with Crippen molar-refractivity contribution in [1.29, 1.82) is 0 Å². The summed E-state index contributed by atoms with van der Waals surface area (Å²) in [5.74, 6) is 1.24. The Balaban J connectivity index is 1.71. The lowest BCUT2D eigenvalue weighted by molar-refractivity contribution is 0.0269. The molecule has 0 aliphatic carbocycles. The van der Waals surface area contributed by atoms with E-state index in [4.69, 9.17) is 9.47 Å². The van der Waals surface area contributed by atoms with E-state index >= 15 is 0 Å². The van der Waals surface area contributed by atoms with E-state index in [0.717, 1.165) is 6.54 Å². The molecule has 2 unspecified atom stereocenters. The van der Waals surface area contributed by atoms with E-state index in [1.165, 1.54) is 5.56 Å². The first kappa shape index (κ1) is 19.2. The number of carbonyl (C=O) groups is 1. The maximum absolute atomic E-state index is 13.0. The molecule has 1 aliphatic heterocycles. The summed E-state index contributed by atoms with van der Waals surface area (Å²) in [5.41, 5.74) is 1.93. The van der Waals surface area contributed by atoms with Gasteiger partial charge in [0.2, 0.25) is 0 Å². The Bertz CT molecular complexity index is 766. The summed E-state index contributed by atoms with van der Waals surface area (Å²) in [5, 5.41) is 0. The molecular weight excluding hydrogens is 340 g/mol. The minimum atomic E-state index is 0.0361. The van der Waals surface area contributed by atoms with Gasteiger partial charge in [0, 0.05) is 37.3 Å². The average Bonchev–Trinajstić information content (AvgIpc) is 2.70. The number of ether oxygens (including phenoxy) is 2. The van der Waals surface area contributed by atoms with Crippen molar-refractivity contribution in [2.24, 2.45) is 0 Å². The molecule has 0 aromatic heterocycles. The first-order valence-electron chi connectivity index (χ1n) is 9.34. The van der Waals surface area contributed by atoms with Crippen LogP contribution in [0, 0.1) is 0 Å². The number of hydrogen-bond donors (Lipinski definition) is 0. The Morgan fingerprint density at radius 3 is 2.19 bits per heavy atom. The molecule has 2 aromatic rings. The lowest BCUT2D eigenvalue weighted by Crippen LogP contribution is -2.57. The minimum Gasteiger partial charge on any atom is -0.493 e. The molecule has 0 bridgehead atoms. The van der Waals surface area contributed by atoms with Gasteiger partial charge in [-0.15, -0.1) is 0 Å². The van der Waals surface area contributed by atoms with Gasteiger partial charge in [-0.1, -0.05) is 30.3 Å². The Morgan fingerprint density at radius 1 is 0.963 bits per heavy atom. The molecule has 144 valence electrons. The van der Waals surface area contributed by atoms with Gasteiger partial charge in [0.15, 0.2) is 11.5 Å². The average molecular weight is 368 g/mol. The van der Waals surface area contributed by atoms with Crippen molar-refractivity contribution in [2.45, 2.75) is 32.5 Å². The molecule has 0 radical (unpaired) electrons. The van der Waals surface area contributed by atoms with Crippen molar-refractivity contribution < 1.29 is 14.3 Å². The minimum absolute atomic E-state index is 0.0361. The molecule has 0 spiro atoms. The Morgan fingerprint density at radius 2 is 1.59 bits per heavy atom. The smallest absolute Gasteiger partial charge is 0.254 e. The summed E-state index contributed by atoms with van der Waals surface area (Å²) in [6, 6.07) is 16.4. The molecule has 3 rings (SSSR count). The van der Waals surface area contributed by atoms with Crippen LogP contribution in [-0.4, -0.2) is 55.1 Å². The molecule has 5 nitrogen and oxygen atoms in total. The number of piperazine rings is 1. The second-order valence-corrected chi connectivity index (χ2v) is 7.14. The van der Waals surface area contributed by atoms with E-state index in [1.54, 1.807) is 32.4 Å². The van der Waals surface area contributed by atoms with Crippen LogP contribution in [-0.2, 0) is 6.54 Å². The van der Waals surface area contributed by atoms with Crippen molar-refractivity contribution in [1.82, 2.24) is 9.80 Å². The summed E-state index contributed by atoms with van der Waals surface area (Å²) in [4.78, 5) is 17.4. The molecule has 2 atom stereocenters. The summed E-state index contributed by atoms with van der Waals surface area (Å²) in [6.07, 6.45) is 0. The molecule has 0 N–H and O–H groups in total. The predicted octanol–water partition coefficient (Wildman–Crippen LogP) is 3.44. The van der Waals surface area contributed by atoms with Crippen LogP contribution in [0.3, 0.4) is 0 Å². The number of amides is 1. The maximum atomic E-state index is 13.0. The normalized spacial score (nSPS) is 20.4. The van der Waals surface area contributed by atoms with E-state index in [1.807, 2.05) is 11.0 Å². The summed E-state index contributed by atoms with van der Waals surface area (Å²) >= 11 is 0. The molecule has 1 heterocycles. The number of carbonyl (C=O) groups excluding carboxylic acids is 1. The van der Waals surface area contributed by atoms with Crippen LogP contribution in [0.5, 0.6) is 11.5 Å². The molecule has 5 heteroatoms. The van der Waals surface area contributed by atoms with Crippen LogP contribution in [0.2, 0.25) is 0 Å². The summed E-state index contributed by atoms with van der Waals surface area (Å²) < 4.78 is 10.6. The van der Waals surface area contributed by atoms with Gasteiger partial charge in [-0.25, -0.2) is 0 Å². The molecule has 2 aromatic carbocycles. The standard InChI is InChI=1S/C22H28N2O3/c1-16-13-23(14-17(2)24(16)15-18-8-6-5-7-9-18)22(25)19-10-11-20(26-3)21(12-19)27-4/h5-12,16-17H,13-15H2,1-4H3. The fourth-order valence-corrected chi connectivity index (χ4v) is 3.78. The molecule has 1 fully saturated rings. The summed E-state index contributed by atoms with van der Waals surface area (Å²) in [7, 11) is 3.17. The highest BCUT2D eigenvalue weighted by molar-refractivity contribution is 5.95. The Hall–Kier alpha value is -2.53. The van der Waals surface area contributed by atoms with Crippen LogP contribution in [0.1, 0.15) is 29.8 Å². The Kier molecular flexibility index (Phi) is 6.01. The van der Waals surface area contributed by atoms with Crippen LogP contribution < -0.4 is 9.47 Å². The van der Waals surface area contributed by atoms with Crippen LogP contribution in [0.4, 0.5) is 0 Å². The van der Waals surface area contributed by atoms with Crippen molar-refractivity contribution in [3.8, 4) is 11.5 Å². The first-order chi connectivity index (χ1) is 13.0. The van der Waals surface area contributed by atoms with Crippen LogP contribution in [0.15, 0.2) is 48.5 Å². The number of methoxy groups -OCH3 is 2. The number of hydrogen-bond acceptors (Lipinski definition) is 4. The predicted molar refractivity (Wildman–Crippen MR) is 106 cm³/mol. The van der Waals surface area contributed by atoms with E-state index in [-0.39, 0.29) is 18.0 Å². The highest BCUT2D eigenvalue weighted by Crippen LogP contribution is 2.29. The van der Waals surface area contributed by atoms with Gasteiger partial charge in [-0.3, -0.25) is 9.69 Å². The van der Waals surface area contributed by atoms with Gasteiger partial charge in [-0.2, -0.15) is 0 Å². The molecule has 1 amide bonds. The van der Waals surface area contributed by atoms with Gasteiger partial charge in [0.25, 0.3) is 5.91 Å². The van der Waals surface area contributed by atoms with Gasteiger partial charge in [0.05, 0.1) is 14.2 Å². The lowest BCUT2D eigenvalue weighted by Gasteiger charge is -2.44. The van der Waals surface area contributed by atoms with E-state index < -0.39 is 0 Å². The number of benzene rings is 2. The molecule has 1 aliphatic rings. The van der Waals surface area contributed by atoms with E-state index in [0.29, 0.717) is 30.2 Å². The quantitative estimate of drug-likeness (QED) is 0.811. The second kappa shape index (κ2) is 8.44. The zero-order valence-electron chi connectivity index (χ0n) is 16.5. The number of rotatable bonds is 5. The lowest BCUT2D eigenvalue weighted by atomic mass is 10.0. The third kappa shape index (κ3) is 4.25. The van der Waals surface area contributed by atoms with E-state index in [9.17, 15) is 4.79 Å². The zero-order chi connectivity index (χ0) is 19.4. The highest BCUT2D eigenvalue weighted by atomic mass is 16.5. The fraction of sp³-hybridized carbons (Fsp3) is 0.409. The van der Waals surface area contributed by atoms with Gasteiger partial charge in [0.1, 0.15) is 0 Å². The maximum Gasteiger partial charge on any atom is 0.254 e. The molecular formula is C22H28N2O3. The van der Waals surface area contributed by atoms with Gasteiger partial charge in [-0.05, 0) is 37.6 Å². The van der Waals surface area contributed by atoms with Crippen LogP contribution in [0.25, 0.3) is 0 Å². The zero-order valence-corrected chi connectivity index (χ0v) is 16.5. The van der Waals surface area contributed by atoms with Crippen molar-refractivity contribution in [3.05, 3.63) is 59.7 Å². The third-order valence-electron chi connectivity index (χ3n) is 5.23. The molecule has 27 heavy (non-hydrogen) atoms. The molecule has 0 saturated carbocycles. The highest BCUT2D eigenvalue weighted by Gasteiger charge is 2.32.